The smallest absolute Gasteiger partial charge is 0.387 e. The van der Waals surface area contributed by atoms with Gasteiger partial charge < -0.3 is 10.5 Å². The molecule has 1 saturated carbocycles. The number of hydrogen-bond donors (Lipinski definition) is 1. The first-order valence-electron chi connectivity index (χ1n) is 5.95. The van der Waals surface area contributed by atoms with E-state index in [1.807, 2.05) is 6.07 Å². The summed E-state index contributed by atoms with van der Waals surface area (Å²) in [6, 6.07) is 6.59. The van der Waals surface area contributed by atoms with Crippen LogP contribution in [0, 0.1) is 5.92 Å². The van der Waals surface area contributed by atoms with E-state index in [-0.39, 0.29) is 11.8 Å². The van der Waals surface area contributed by atoms with E-state index >= 15 is 0 Å². The zero-order valence-electron chi connectivity index (χ0n) is 9.61. The van der Waals surface area contributed by atoms with Gasteiger partial charge in [0.05, 0.1) is 0 Å². The van der Waals surface area contributed by atoms with Crippen molar-refractivity contribution < 1.29 is 13.5 Å². The third-order valence-electron chi connectivity index (χ3n) is 3.09. The maximum Gasteiger partial charge on any atom is 0.387 e. The molecule has 0 saturated heterocycles. The van der Waals surface area contributed by atoms with Crippen LogP contribution in [0.2, 0.25) is 0 Å². The Balaban J connectivity index is 1.93. The third-order valence-corrected chi connectivity index (χ3v) is 3.09. The zero-order valence-corrected chi connectivity index (χ0v) is 9.61. The molecule has 2 N–H and O–H groups in total. The molecule has 4 heteroatoms. The van der Waals surface area contributed by atoms with Gasteiger partial charge in [0, 0.05) is 6.04 Å². The molecule has 1 fully saturated rings. The van der Waals surface area contributed by atoms with Gasteiger partial charge >= 0.3 is 6.61 Å². The molecule has 0 bridgehead atoms. The number of rotatable bonds is 6. The molecule has 1 aromatic rings. The van der Waals surface area contributed by atoms with Crippen molar-refractivity contribution >= 4 is 0 Å². The Morgan fingerprint density at radius 3 is 2.76 bits per heavy atom. The van der Waals surface area contributed by atoms with E-state index < -0.39 is 6.61 Å². The Morgan fingerprint density at radius 1 is 1.35 bits per heavy atom. The lowest BCUT2D eigenvalue weighted by atomic mass is 10.0. The summed E-state index contributed by atoms with van der Waals surface area (Å²) in [6.45, 7) is -2.78. The molecule has 0 spiro atoms. The Hall–Kier alpha value is -1.16. The predicted molar refractivity (Wildman–Crippen MR) is 62.0 cm³/mol. The summed E-state index contributed by atoms with van der Waals surface area (Å²) in [6.07, 6.45) is 4.65. The number of nitrogens with two attached hydrogens (primary N) is 1. The van der Waals surface area contributed by atoms with Gasteiger partial charge in [-0.15, -0.1) is 0 Å². The van der Waals surface area contributed by atoms with Crippen molar-refractivity contribution in [2.75, 3.05) is 0 Å². The summed E-state index contributed by atoms with van der Waals surface area (Å²) in [5, 5.41) is 0. The molecular weight excluding hydrogens is 224 g/mol. The highest BCUT2D eigenvalue weighted by atomic mass is 19.3. The first-order valence-corrected chi connectivity index (χ1v) is 5.95. The second-order valence-electron chi connectivity index (χ2n) is 4.58. The van der Waals surface area contributed by atoms with Gasteiger partial charge in [-0.05, 0) is 36.5 Å². The van der Waals surface area contributed by atoms with E-state index in [0.717, 1.165) is 24.3 Å². The van der Waals surface area contributed by atoms with Gasteiger partial charge in [-0.3, -0.25) is 0 Å². The van der Waals surface area contributed by atoms with Crippen LogP contribution in [0.15, 0.2) is 24.3 Å². The SMILES string of the molecule is NC(CCC1CC1)c1cccc(OC(F)F)c1. The first kappa shape index (κ1) is 12.3. The van der Waals surface area contributed by atoms with E-state index in [2.05, 4.69) is 4.74 Å². The topological polar surface area (TPSA) is 35.2 Å². The van der Waals surface area contributed by atoms with Crippen LogP contribution < -0.4 is 10.5 Å². The molecule has 1 atom stereocenters. The first-order chi connectivity index (χ1) is 8.15. The van der Waals surface area contributed by atoms with Gasteiger partial charge in [-0.25, -0.2) is 0 Å². The number of ether oxygens (including phenoxy) is 1. The lowest BCUT2D eigenvalue weighted by Gasteiger charge is -2.13. The van der Waals surface area contributed by atoms with Crippen molar-refractivity contribution in [3.8, 4) is 5.75 Å². The monoisotopic (exact) mass is 241 g/mol. The minimum atomic E-state index is -2.78. The van der Waals surface area contributed by atoms with Crippen LogP contribution in [0.4, 0.5) is 8.78 Å². The fourth-order valence-electron chi connectivity index (χ4n) is 1.91. The van der Waals surface area contributed by atoms with Crippen molar-refractivity contribution in [1.82, 2.24) is 0 Å². The highest BCUT2D eigenvalue weighted by Crippen LogP contribution is 2.35. The van der Waals surface area contributed by atoms with Gasteiger partial charge in [-0.2, -0.15) is 8.78 Å². The van der Waals surface area contributed by atoms with Crippen molar-refractivity contribution in [3.63, 3.8) is 0 Å². The Morgan fingerprint density at radius 2 is 2.12 bits per heavy atom. The van der Waals surface area contributed by atoms with Gasteiger partial charge in [-0.1, -0.05) is 25.0 Å². The van der Waals surface area contributed by atoms with E-state index in [0.29, 0.717) is 0 Å². The van der Waals surface area contributed by atoms with Crippen LogP contribution in [-0.4, -0.2) is 6.61 Å². The largest absolute Gasteiger partial charge is 0.435 e. The molecule has 1 aromatic carbocycles. The molecular formula is C13H17F2NO. The highest BCUT2D eigenvalue weighted by Gasteiger charge is 2.22. The molecule has 0 radical (unpaired) electrons. The average molecular weight is 241 g/mol. The summed E-state index contributed by atoms with van der Waals surface area (Å²) < 4.78 is 28.5. The third kappa shape index (κ3) is 3.97. The van der Waals surface area contributed by atoms with Crippen molar-refractivity contribution in [2.45, 2.75) is 38.3 Å². The van der Waals surface area contributed by atoms with Crippen LogP contribution in [0.25, 0.3) is 0 Å². The standard InChI is InChI=1S/C13H17F2NO/c14-13(15)17-11-3-1-2-10(8-11)12(16)7-6-9-4-5-9/h1-3,8-9,12-13H,4-7,16H2. The highest BCUT2D eigenvalue weighted by molar-refractivity contribution is 5.30. The fourth-order valence-corrected chi connectivity index (χ4v) is 1.91. The maximum atomic E-state index is 12.1. The second-order valence-corrected chi connectivity index (χ2v) is 4.58. The molecule has 1 unspecified atom stereocenters. The molecule has 0 heterocycles. The molecule has 2 nitrogen and oxygen atoms in total. The number of benzene rings is 1. The summed E-state index contributed by atoms with van der Waals surface area (Å²) in [5.74, 6) is 1.01. The van der Waals surface area contributed by atoms with E-state index in [4.69, 9.17) is 5.73 Å². The number of alkyl halides is 2. The van der Waals surface area contributed by atoms with Crippen molar-refractivity contribution in [2.24, 2.45) is 11.7 Å². The van der Waals surface area contributed by atoms with E-state index in [9.17, 15) is 8.78 Å². The summed E-state index contributed by atoms with van der Waals surface area (Å²) >= 11 is 0. The van der Waals surface area contributed by atoms with Gasteiger partial charge in [0.25, 0.3) is 0 Å². The van der Waals surface area contributed by atoms with Crippen LogP contribution in [0.5, 0.6) is 5.75 Å². The lowest BCUT2D eigenvalue weighted by molar-refractivity contribution is -0.0499. The molecule has 1 aliphatic carbocycles. The van der Waals surface area contributed by atoms with E-state index in [1.54, 1.807) is 12.1 Å². The molecule has 2 rings (SSSR count). The fraction of sp³-hybridized carbons (Fsp3) is 0.538. The summed E-state index contributed by atoms with van der Waals surface area (Å²) in [4.78, 5) is 0. The second kappa shape index (κ2) is 5.45. The van der Waals surface area contributed by atoms with Gasteiger partial charge in [0.15, 0.2) is 0 Å². The number of halogens is 2. The average Bonchev–Trinajstić information content (AvgIpc) is 3.09. The Kier molecular flexibility index (Phi) is 3.94. The van der Waals surface area contributed by atoms with Crippen molar-refractivity contribution in [1.29, 1.82) is 0 Å². The molecule has 94 valence electrons. The molecule has 0 aliphatic heterocycles. The van der Waals surface area contributed by atoms with Crippen molar-refractivity contribution in [3.05, 3.63) is 29.8 Å². The quantitative estimate of drug-likeness (QED) is 0.827. The van der Waals surface area contributed by atoms with Crippen LogP contribution in [0.3, 0.4) is 0 Å². The minimum Gasteiger partial charge on any atom is -0.435 e. The van der Waals surface area contributed by atoms with Gasteiger partial charge in [0.2, 0.25) is 0 Å². The summed E-state index contributed by atoms with van der Waals surface area (Å²) in [7, 11) is 0. The number of hydrogen-bond acceptors (Lipinski definition) is 2. The minimum absolute atomic E-state index is 0.0863. The molecule has 17 heavy (non-hydrogen) atoms. The van der Waals surface area contributed by atoms with E-state index in [1.165, 1.54) is 18.9 Å². The van der Waals surface area contributed by atoms with Crippen LogP contribution in [-0.2, 0) is 0 Å². The normalized spacial score (nSPS) is 17.2. The van der Waals surface area contributed by atoms with Gasteiger partial charge in [0.1, 0.15) is 5.75 Å². The summed E-state index contributed by atoms with van der Waals surface area (Å²) in [5.41, 5.74) is 6.89. The zero-order chi connectivity index (χ0) is 12.3. The Bertz CT molecular complexity index is 366. The van der Waals surface area contributed by atoms with Crippen LogP contribution in [0.1, 0.15) is 37.3 Å². The molecule has 0 aromatic heterocycles. The molecule has 1 aliphatic rings. The lowest BCUT2D eigenvalue weighted by Crippen LogP contribution is -2.11. The Labute approximate surface area is 99.8 Å². The maximum absolute atomic E-state index is 12.1. The van der Waals surface area contributed by atoms with Crippen LogP contribution >= 0.6 is 0 Å². The predicted octanol–water partition coefficient (Wildman–Crippen LogP) is 3.48. The molecule has 0 amide bonds.